The van der Waals surface area contributed by atoms with E-state index >= 15 is 0 Å². The third-order valence-electron chi connectivity index (χ3n) is 5.21. The van der Waals surface area contributed by atoms with E-state index in [-0.39, 0.29) is 28.7 Å². The van der Waals surface area contributed by atoms with E-state index in [4.69, 9.17) is 17.3 Å². The van der Waals surface area contributed by atoms with E-state index in [1.165, 1.54) is 16.7 Å². The molecule has 0 atom stereocenters. The zero-order chi connectivity index (χ0) is 21.3. The number of imidazole rings is 1. The molecule has 0 spiro atoms. The van der Waals surface area contributed by atoms with Crippen molar-refractivity contribution in [2.45, 2.75) is 32.2 Å². The van der Waals surface area contributed by atoms with Crippen LogP contribution in [0.1, 0.15) is 36.0 Å². The maximum absolute atomic E-state index is 13.2. The quantitative estimate of drug-likeness (QED) is 0.654. The van der Waals surface area contributed by atoms with Crippen molar-refractivity contribution < 1.29 is 9.59 Å². The normalized spacial score (nSPS) is 13.8. The molecule has 0 bridgehead atoms. The van der Waals surface area contributed by atoms with Gasteiger partial charge in [0.05, 0.1) is 21.6 Å². The van der Waals surface area contributed by atoms with Gasteiger partial charge in [-0.15, -0.1) is 0 Å². The number of hydrogen-bond donors (Lipinski definition) is 2. The molecule has 1 heterocycles. The number of para-hydroxylation sites is 2. The average molecular weight is 425 g/mol. The van der Waals surface area contributed by atoms with E-state index in [1.54, 1.807) is 10.6 Å². The summed E-state index contributed by atoms with van der Waals surface area (Å²) in [6.45, 7) is -0.144. The van der Waals surface area contributed by atoms with Crippen molar-refractivity contribution in [3.05, 3.63) is 69.6 Å². The summed E-state index contributed by atoms with van der Waals surface area (Å²) < 4.78 is 3.18. The molecule has 3 N–H and O–H groups in total. The van der Waals surface area contributed by atoms with Gasteiger partial charge in [0.1, 0.15) is 6.54 Å². The molecule has 4 rings (SSSR count). The monoisotopic (exact) mass is 424 g/mol. The zero-order valence-corrected chi connectivity index (χ0v) is 17.0. The summed E-state index contributed by atoms with van der Waals surface area (Å²) in [7, 11) is 0. The Morgan fingerprint density at radius 1 is 1.10 bits per heavy atom. The summed E-state index contributed by atoms with van der Waals surface area (Å²) in [5.41, 5.74) is 8.08. The number of carbonyl (C=O) groups excluding carboxylic acids is 2. The lowest BCUT2D eigenvalue weighted by Gasteiger charge is -2.13. The number of primary amides is 1. The minimum Gasteiger partial charge on any atom is -0.366 e. The number of rotatable bonds is 5. The summed E-state index contributed by atoms with van der Waals surface area (Å²) in [4.78, 5) is 37.1. The van der Waals surface area contributed by atoms with Crippen molar-refractivity contribution in [2.24, 2.45) is 5.73 Å². The molecule has 30 heavy (non-hydrogen) atoms. The number of hydrogen-bond acceptors (Lipinski definition) is 3. The first-order valence-corrected chi connectivity index (χ1v) is 10.1. The summed E-state index contributed by atoms with van der Waals surface area (Å²) >= 11 is 6.04. The number of nitrogens with zero attached hydrogens (tertiary/aromatic N) is 2. The Bertz CT molecular complexity index is 1240. The lowest BCUT2D eigenvalue weighted by molar-refractivity contribution is -0.116. The van der Waals surface area contributed by atoms with Crippen molar-refractivity contribution in [3.8, 4) is 0 Å². The standard InChI is InChI=1S/C22H21ClN4O3/c23-17-12-14(10-11-16(17)21(24)29)25-20(28)13-26-18-8-4-5-9-19(18)27(22(26)30)15-6-2-1-3-7-15/h4-6,8-12H,1-3,7,13H2,(H2,24,29)(H,25,28). The van der Waals surface area contributed by atoms with E-state index < -0.39 is 5.91 Å². The third-order valence-corrected chi connectivity index (χ3v) is 5.52. The number of carbonyl (C=O) groups is 2. The topological polar surface area (TPSA) is 99.1 Å². The van der Waals surface area contributed by atoms with Gasteiger partial charge in [-0.05, 0) is 56.0 Å². The molecule has 0 fully saturated rings. The molecule has 0 saturated carbocycles. The summed E-state index contributed by atoms with van der Waals surface area (Å²) in [5.74, 6) is -1.02. The first kappa shape index (κ1) is 20.0. The molecule has 0 unspecified atom stereocenters. The molecule has 8 heteroatoms. The molecule has 1 aliphatic rings. The number of halogens is 1. The highest BCUT2D eigenvalue weighted by Crippen LogP contribution is 2.25. The fourth-order valence-corrected chi connectivity index (χ4v) is 4.07. The number of amides is 2. The third kappa shape index (κ3) is 3.76. The van der Waals surface area contributed by atoms with Gasteiger partial charge in [-0.25, -0.2) is 4.79 Å². The van der Waals surface area contributed by atoms with Crippen LogP contribution in [-0.4, -0.2) is 20.9 Å². The van der Waals surface area contributed by atoms with E-state index in [9.17, 15) is 14.4 Å². The number of anilines is 1. The van der Waals surface area contributed by atoms with Crippen LogP contribution in [0.25, 0.3) is 16.7 Å². The first-order chi connectivity index (χ1) is 14.5. The Labute approximate surface area is 177 Å². The minimum atomic E-state index is -0.644. The predicted octanol–water partition coefficient (Wildman–Crippen LogP) is 3.61. The molecular weight excluding hydrogens is 404 g/mol. The Hall–Kier alpha value is -3.32. The largest absolute Gasteiger partial charge is 0.366 e. The fourth-order valence-electron chi connectivity index (χ4n) is 3.80. The smallest absolute Gasteiger partial charge is 0.333 e. The second-order valence-corrected chi connectivity index (χ2v) is 7.65. The number of fused-ring (bicyclic) bond motifs is 1. The zero-order valence-electron chi connectivity index (χ0n) is 16.2. The van der Waals surface area contributed by atoms with Gasteiger partial charge in [0.25, 0.3) is 0 Å². The van der Waals surface area contributed by atoms with Crippen LogP contribution in [0, 0.1) is 0 Å². The van der Waals surface area contributed by atoms with E-state index in [1.807, 2.05) is 24.3 Å². The summed E-state index contributed by atoms with van der Waals surface area (Å²) in [6, 6.07) is 11.9. The molecule has 2 aromatic carbocycles. The Balaban J connectivity index is 1.64. The SMILES string of the molecule is NC(=O)c1ccc(NC(=O)Cn2c(=O)n(C3=CCCCC3)c3ccccc32)cc1Cl. The molecule has 3 aromatic rings. The maximum atomic E-state index is 13.2. The van der Waals surface area contributed by atoms with Crippen LogP contribution in [0.3, 0.4) is 0 Å². The van der Waals surface area contributed by atoms with Crippen LogP contribution in [0.4, 0.5) is 5.69 Å². The number of allylic oxidation sites excluding steroid dienone is 2. The first-order valence-electron chi connectivity index (χ1n) is 9.74. The van der Waals surface area contributed by atoms with E-state index in [2.05, 4.69) is 11.4 Å². The number of nitrogens with one attached hydrogen (secondary N) is 1. The Morgan fingerprint density at radius 3 is 2.53 bits per heavy atom. The van der Waals surface area contributed by atoms with E-state index in [0.29, 0.717) is 11.2 Å². The predicted molar refractivity (Wildman–Crippen MR) is 118 cm³/mol. The van der Waals surface area contributed by atoms with Gasteiger partial charge in [-0.1, -0.05) is 29.8 Å². The highest BCUT2D eigenvalue weighted by Gasteiger charge is 2.19. The molecule has 154 valence electrons. The van der Waals surface area contributed by atoms with Gasteiger partial charge in [0.15, 0.2) is 0 Å². The Morgan fingerprint density at radius 2 is 1.87 bits per heavy atom. The molecule has 7 nitrogen and oxygen atoms in total. The lowest BCUT2D eigenvalue weighted by atomic mass is 10.0. The molecule has 0 saturated heterocycles. The molecule has 2 amide bonds. The van der Waals surface area contributed by atoms with Gasteiger partial charge < -0.3 is 11.1 Å². The fraction of sp³-hybridized carbons (Fsp3) is 0.227. The van der Waals surface area contributed by atoms with Crippen molar-refractivity contribution in [2.75, 3.05) is 5.32 Å². The van der Waals surface area contributed by atoms with Crippen molar-refractivity contribution in [1.29, 1.82) is 0 Å². The van der Waals surface area contributed by atoms with Crippen molar-refractivity contribution in [1.82, 2.24) is 9.13 Å². The number of benzene rings is 2. The Kier molecular flexibility index (Phi) is 5.46. The van der Waals surface area contributed by atoms with Gasteiger partial charge in [-0.2, -0.15) is 0 Å². The minimum absolute atomic E-state index is 0.144. The van der Waals surface area contributed by atoms with Crippen LogP contribution in [-0.2, 0) is 11.3 Å². The van der Waals surface area contributed by atoms with E-state index in [0.717, 1.165) is 36.9 Å². The maximum Gasteiger partial charge on any atom is 0.333 e. The number of nitrogens with two attached hydrogens (primary N) is 1. The van der Waals surface area contributed by atoms with Gasteiger partial charge in [0.2, 0.25) is 11.8 Å². The molecular formula is C22H21ClN4O3. The van der Waals surface area contributed by atoms with Gasteiger partial charge in [-0.3, -0.25) is 18.7 Å². The lowest BCUT2D eigenvalue weighted by Crippen LogP contribution is -2.29. The van der Waals surface area contributed by atoms with Crippen molar-refractivity contribution >= 4 is 45.8 Å². The highest BCUT2D eigenvalue weighted by atomic mass is 35.5. The van der Waals surface area contributed by atoms with Crippen molar-refractivity contribution in [3.63, 3.8) is 0 Å². The molecule has 0 radical (unpaired) electrons. The second-order valence-electron chi connectivity index (χ2n) is 7.24. The van der Waals surface area contributed by atoms with Crippen LogP contribution in [0.2, 0.25) is 5.02 Å². The average Bonchev–Trinajstić information content (AvgIpc) is 3.00. The van der Waals surface area contributed by atoms with Gasteiger partial charge in [0, 0.05) is 11.4 Å². The summed E-state index contributed by atoms with van der Waals surface area (Å²) in [6.07, 6.45) is 6.05. The van der Waals surface area contributed by atoms with Crippen LogP contribution in [0.5, 0.6) is 0 Å². The van der Waals surface area contributed by atoms with Crippen LogP contribution in [0.15, 0.2) is 53.3 Å². The number of aromatic nitrogens is 2. The molecule has 0 aliphatic heterocycles. The molecule has 1 aromatic heterocycles. The summed E-state index contributed by atoms with van der Waals surface area (Å²) in [5, 5.41) is 2.87. The van der Waals surface area contributed by atoms with Crippen LogP contribution >= 0.6 is 11.6 Å². The molecule has 1 aliphatic carbocycles. The second kappa shape index (κ2) is 8.20. The highest BCUT2D eigenvalue weighted by molar-refractivity contribution is 6.34. The van der Waals surface area contributed by atoms with Gasteiger partial charge >= 0.3 is 5.69 Å². The van der Waals surface area contributed by atoms with Crippen LogP contribution < -0.4 is 16.7 Å².